The summed E-state index contributed by atoms with van der Waals surface area (Å²) in [5.74, 6) is 0.488. The quantitative estimate of drug-likeness (QED) is 0.607. The van der Waals surface area contributed by atoms with E-state index in [1.54, 1.807) is 7.11 Å². The third-order valence-corrected chi connectivity index (χ3v) is 4.03. The van der Waals surface area contributed by atoms with Gasteiger partial charge in [0.2, 0.25) is 6.54 Å². The molecular formula is C19H23NO3. The average Bonchev–Trinajstić information content (AvgIpc) is 2.52. The van der Waals surface area contributed by atoms with Crippen molar-refractivity contribution >= 4 is 0 Å². The van der Waals surface area contributed by atoms with E-state index in [1.165, 1.54) is 5.56 Å². The van der Waals surface area contributed by atoms with E-state index in [0.29, 0.717) is 0 Å². The van der Waals surface area contributed by atoms with Crippen molar-refractivity contribution in [1.82, 2.24) is 0 Å². The fourth-order valence-corrected chi connectivity index (χ4v) is 2.60. The third kappa shape index (κ3) is 4.31. The maximum absolute atomic E-state index is 11.1. The summed E-state index contributed by atoms with van der Waals surface area (Å²) < 4.78 is 5.16. The Labute approximate surface area is 137 Å². The SMILES string of the molecule is COc1ccc(C(C[N+](=O)[O-])c2ccc(C(C)(C)C)cc2)cc1. The van der Waals surface area contributed by atoms with Gasteiger partial charge in [-0.25, -0.2) is 0 Å². The van der Waals surface area contributed by atoms with E-state index in [4.69, 9.17) is 4.74 Å². The van der Waals surface area contributed by atoms with Gasteiger partial charge in [0.05, 0.1) is 13.0 Å². The van der Waals surface area contributed by atoms with Crippen LogP contribution in [0.4, 0.5) is 0 Å². The van der Waals surface area contributed by atoms with Gasteiger partial charge in [0, 0.05) is 4.92 Å². The second-order valence-electron chi connectivity index (χ2n) is 6.71. The Morgan fingerprint density at radius 2 is 1.48 bits per heavy atom. The van der Waals surface area contributed by atoms with Crippen LogP contribution in [0, 0.1) is 10.1 Å². The molecule has 2 rings (SSSR count). The minimum Gasteiger partial charge on any atom is -0.497 e. The molecule has 2 aromatic carbocycles. The molecule has 122 valence electrons. The Hall–Kier alpha value is -2.36. The standard InChI is InChI=1S/C19H23NO3/c1-19(2,3)16-9-5-14(6-10-16)18(13-20(21)22)15-7-11-17(23-4)12-8-15/h5-12,18H,13H2,1-4H3. The van der Waals surface area contributed by atoms with Crippen LogP contribution in [0.5, 0.6) is 5.75 Å². The molecule has 0 heterocycles. The normalized spacial score (nSPS) is 12.7. The smallest absolute Gasteiger partial charge is 0.214 e. The van der Waals surface area contributed by atoms with E-state index in [0.717, 1.165) is 16.9 Å². The largest absolute Gasteiger partial charge is 0.497 e. The van der Waals surface area contributed by atoms with E-state index in [2.05, 4.69) is 32.9 Å². The monoisotopic (exact) mass is 313 g/mol. The molecule has 0 aliphatic carbocycles. The summed E-state index contributed by atoms with van der Waals surface area (Å²) in [5.41, 5.74) is 3.17. The molecule has 0 saturated carbocycles. The van der Waals surface area contributed by atoms with Crippen molar-refractivity contribution in [2.24, 2.45) is 0 Å². The van der Waals surface area contributed by atoms with E-state index >= 15 is 0 Å². The van der Waals surface area contributed by atoms with Gasteiger partial charge in [-0.2, -0.15) is 0 Å². The molecule has 0 N–H and O–H groups in total. The maximum Gasteiger partial charge on any atom is 0.214 e. The van der Waals surface area contributed by atoms with Crippen molar-refractivity contribution in [2.45, 2.75) is 32.1 Å². The highest BCUT2D eigenvalue weighted by Gasteiger charge is 2.21. The molecule has 0 bridgehead atoms. The van der Waals surface area contributed by atoms with Gasteiger partial charge in [-0.15, -0.1) is 0 Å². The topological polar surface area (TPSA) is 52.4 Å². The van der Waals surface area contributed by atoms with Crippen LogP contribution in [0.1, 0.15) is 43.4 Å². The number of nitrogens with zero attached hydrogens (tertiary/aromatic N) is 1. The van der Waals surface area contributed by atoms with Crippen LogP contribution in [0.3, 0.4) is 0 Å². The van der Waals surface area contributed by atoms with Gasteiger partial charge < -0.3 is 4.74 Å². The van der Waals surface area contributed by atoms with Crippen molar-refractivity contribution in [1.29, 1.82) is 0 Å². The van der Waals surface area contributed by atoms with E-state index in [-0.39, 0.29) is 22.8 Å². The second kappa shape index (κ2) is 6.82. The predicted octanol–water partition coefficient (Wildman–Crippen LogP) is 4.40. The highest BCUT2D eigenvalue weighted by atomic mass is 16.6. The lowest BCUT2D eigenvalue weighted by atomic mass is 9.84. The predicted molar refractivity (Wildman–Crippen MR) is 91.8 cm³/mol. The zero-order chi connectivity index (χ0) is 17.0. The second-order valence-corrected chi connectivity index (χ2v) is 6.71. The Morgan fingerprint density at radius 3 is 1.87 bits per heavy atom. The van der Waals surface area contributed by atoms with Crippen LogP contribution in [-0.4, -0.2) is 18.6 Å². The fraction of sp³-hybridized carbons (Fsp3) is 0.368. The molecule has 0 spiro atoms. The summed E-state index contributed by atoms with van der Waals surface area (Å²) in [4.78, 5) is 10.8. The molecular weight excluding hydrogens is 290 g/mol. The fourth-order valence-electron chi connectivity index (χ4n) is 2.60. The minimum atomic E-state index is -0.259. The molecule has 2 aromatic rings. The van der Waals surface area contributed by atoms with E-state index < -0.39 is 0 Å². The van der Waals surface area contributed by atoms with Crippen LogP contribution < -0.4 is 4.74 Å². The summed E-state index contributed by atoms with van der Waals surface area (Å²) in [7, 11) is 1.61. The lowest BCUT2D eigenvalue weighted by Crippen LogP contribution is -2.15. The molecule has 0 radical (unpaired) electrons. The van der Waals surface area contributed by atoms with Gasteiger partial charge in [-0.05, 0) is 34.2 Å². The lowest BCUT2D eigenvalue weighted by Gasteiger charge is -2.20. The first-order valence-electron chi connectivity index (χ1n) is 7.67. The number of benzene rings is 2. The zero-order valence-corrected chi connectivity index (χ0v) is 14.1. The molecule has 0 amide bonds. The van der Waals surface area contributed by atoms with Gasteiger partial charge in [0.25, 0.3) is 0 Å². The first-order valence-corrected chi connectivity index (χ1v) is 7.67. The van der Waals surface area contributed by atoms with Gasteiger partial charge in [0.15, 0.2) is 0 Å². The Balaban J connectivity index is 2.35. The van der Waals surface area contributed by atoms with Crippen LogP contribution in [0.25, 0.3) is 0 Å². The first-order chi connectivity index (χ1) is 10.8. The van der Waals surface area contributed by atoms with E-state index in [1.807, 2.05) is 36.4 Å². The number of rotatable bonds is 5. The zero-order valence-electron chi connectivity index (χ0n) is 14.1. The number of hydrogen-bond acceptors (Lipinski definition) is 3. The molecule has 0 aliphatic heterocycles. The van der Waals surface area contributed by atoms with Crippen LogP contribution in [-0.2, 0) is 5.41 Å². The summed E-state index contributed by atoms with van der Waals surface area (Å²) >= 11 is 0. The molecule has 0 fully saturated rings. The van der Waals surface area contributed by atoms with Gasteiger partial charge in [-0.3, -0.25) is 10.1 Å². The Bertz CT molecular complexity index is 655. The highest BCUT2D eigenvalue weighted by Crippen LogP contribution is 2.29. The van der Waals surface area contributed by atoms with Crippen LogP contribution >= 0.6 is 0 Å². The van der Waals surface area contributed by atoms with Gasteiger partial charge in [-0.1, -0.05) is 57.2 Å². The minimum absolute atomic E-state index is 0.0667. The third-order valence-electron chi connectivity index (χ3n) is 4.03. The number of ether oxygens (including phenoxy) is 1. The molecule has 0 aromatic heterocycles. The highest BCUT2D eigenvalue weighted by molar-refractivity contribution is 5.38. The Morgan fingerprint density at radius 1 is 1.00 bits per heavy atom. The van der Waals surface area contributed by atoms with Crippen molar-refractivity contribution in [3.8, 4) is 5.75 Å². The number of nitro groups is 1. The molecule has 0 aliphatic rings. The molecule has 4 heteroatoms. The summed E-state index contributed by atoms with van der Waals surface area (Å²) in [6.07, 6.45) is 0. The van der Waals surface area contributed by atoms with E-state index in [9.17, 15) is 10.1 Å². The van der Waals surface area contributed by atoms with Crippen molar-refractivity contribution in [3.63, 3.8) is 0 Å². The van der Waals surface area contributed by atoms with Crippen molar-refractivity contribution in [2.75, 3.05) is 13.7 Å². The van der Waals surface area contributed by atoms with Crippen LogP contribution in [0.15, 0.2) is 48.5 Å². The average molecular weight is 313 g/mol. The molecule has 1 atom stereocenters. The summed E-state index contributed by atoms with van der Waals surface area (Å²) in [5, 5.41) is 11.1. The number of hydrogen-bond donors (Lipinski definition) is 0. The molecule has 0 saturated heterocycles. The first kappa shape index (κ1) is 17.0. The van der Waals surface area contributed by atoms with Crippen molar-refractivity contribution < 1.29 is 9.66 Å². The molecule has 1 unspecified atom stereocenters. The molecule has 23 heavy (non-hydrogen) atoms. The number of methoxy groups -OCH3 is 1. The van der Waals surface area contributed by atoms with Gasteiger partial charge in [0.1, 0.15) is 5.75 Å². The Kier molecular flexibility index (Phi) is 5.04. The maximum atomic E-state index is 11.1. The summed E-state index contributed by atoms with van der Waals surface area (Å²) in [6.45, 7) is 6.33. The van der Waals surface area contributed by atoms with Gasteiger partial charge >= 0.3 is 0 Å². The van der Waals surface area contributed by atoms with Crippen LogP contribution in [0.2, 0.25) is 0 Å². The molecule has 4 nitrogen and oxygen atoms in total. The van der Waals surface area contributed by atoms with Crippen molar-refractivity contribution in [3.05, 3.63) is 75.3 Å². The lowest BCUT2D eigenvalue weighted by molar-refractivity contribution is -0.481. The summed E-state index contributed by atoms with van der Waals surface area (Å²) in [6, 6.07) is 15.6.